The molecule has 0 heterocycles. The van der Waals surface area contributed by atoms with Gasteiger partial charge in [-0.1, -0.05) is 12.1 Å². The van der Waals surface area contributed by atoms with Crippen LogP contribution in [0.3, 0.4) is 0 Å². The van der Waals surface area contributed by atoms with Crippen LogP contribution in [0.5, 0.6) is 0 Å². The van der Waals surface area contributed by atoms with Crippen molar-refractivity contribution in [2.24, 2.45) is 0 Å². The molecular formula is C15H25NO2. The first-order valence-electron chi connectivity index (χ1n) is 6.36. The van der Waals surface area contributed by atoms with Gasteiger partial charge in [0, 0.05) is 25.9 Å². The van der Waals surface area contributed by atoms with Gasteiger partial charge in [0.15, 0.2) is 0 Å². The fraction of sp³-hybridized carbons (Fsp3) is 0.600. The molecule has 18 heavy (non-hydrogen) atoms. The van der Waals surface area contributed by atoms with Gasteiger partial charge < -0.3 is 14.8 Å². The lowest BCUT2D eigenvalue weighted by atomic mass is 9.99. The number of ether oxygens (including phenoxy) is 2. The molecule has 0 aliphatic carbocycles. The molecule has 0 radical (unpaired) electrons. The van der Waals surface area contributed by atoms with Crippen LogP contribution in [0.15, 0.2) is 24.3 Å². The predicted molar refractivity (Wildman–Crippen MR) is 75.9 cm³/mol. The van der Waals surface area contributed by atoms with Crippen molar-refractivity contribution in [1.29, 1.82) is 0 Å². The van der Waals surface area contributed by atoms with E-state index >= 15 is 0 Å². The summed E-state index contributed by atoms with van der Waals surface area (Å²) in [6.45, 7) is 7.04. The van der Waals surface area contributed by atoms with Gasteiger partial charge in [-0.2, -0.15) is 0 Å². The van der Waals surface area contributed by atoms with Crippen LogP contribution < -0.4 is 5.32 Å². The van der Waals surface area contributed by atoms with E-state index < -0.39 is 0 Å². The summed E-state index contributed by atoms with van der Waals surface area (Å²) in [5, 5.41) is 3.48. The van der Waals surface area contributed by atoms with Crippen molar-refractivity contribution in [3.8, 4) is 0 Å². The van der Waals surface area contributed by atoms with Crippen LogP contribution in [-0.4, -0.2) is 25.9 Å². The largest absolute Gasteiger partial charge is 0.382 e. The Morgan fingerprint density at radius 2 is 1.78 bits per heavy atom. The number of rotatable bonds is 7. The van der Waals surface area contributed by atoms with Crippen molar-refractivity contribution in [3.05, 3.63) is 29.8 Å². The molecule has 1 aromatic rings. The van der Waals surface area contributed by atoms with Gasteiger partial charge in [0.05, 0.1) is 12.2 Å². The Morgan fingerprint density at radius 3 is 2.28 bits per heavy atom. The summed E-state index contributed by atoms with van der Waals surface area (Å²) >= 11 is 0. The van der Waals surface area contributed by atoms with Gasteiger partial charge in [0.1, 0.15) is 0 Å². The van der Waals surface area contributed by atoms with E-state index in [9.17, 15) is 0 Å². The van der Waals surface area contributed by atoms with Gasteiger partial charge in [0.25, 0.3) is 0 Å². The van der Waals surface area contributed by atoms with Crippen molar-refractivity contribution in [1.82, 2.24) is 0 Å². The lowest BCUT2D eigenvalue weighted by molar-refractivity contribution is 0.0128. The average molecular weight is 251 g/mol. The summed E-state index contributed by atoms with van der Waals surface area (Å²) in [4.78, 5) is 0. The molecule has 1 atom stereocenters. The van der Waals surface area contributed by atoms with Gasteiger partial charge >= 0.3 is 0 Å². The van der Waals surface area contributed by atoms with E-state index in [1.54, 1.807) is 14.2 Å². The number of benzene rings is 1. The Bertz CT molecular complexity index is 346. The fourth-order valence-corrected chi connectivity index (χ4v) is 2.02. The first-order chi connectivity index (χ1) is 8.46. The van der Waals surface area contributed by atoms with Crippen LogP contribution in [0.2, 0.25) is 0 Å². The molecule has 1 N–H and O–H groups in total. The predicted octanol–water partition coefficient (Wildman–Crippen LogP) is 3.45. The topological polar surface area (TPSA) is 30.5 Å². The van der Waals surface area contributed by atoms with Crippen LogP contribution in [0.1, 0.15) is 32.8 Å². The number of anilines is 1. The zero-order chi connectivity index (χ0) is 13.6. The summed E-state index contributed by atoms with van der Waals surface area (Å²) < 4.78 is 10.5. The molecule has 0 bridgehead atoms. The Kier molecular flexibility index (Phi) is 5.63. The maximum atomic E-state index is 5.44. The molecular weight excluding hydrogens is 226 g/mol. The molecule has 1 aromatic carbocycles. The second-order valence-corrected chi connectivity index (χ2v) is 5.34. The number of hydrogen-bond acceptors (Lipinski definition) is 3. The molecule has 102 valence electrons. The molecule has 0 saturated carbocycles. The minimum Gasteiger partial charge on any atom is -0.382 e. The van der Waals surface area contributed by atoms with Gasteiger partial charge in [-0.15, -0.1) is 0 Å². The van der Waals surface area contributed by atoms with Gasteiger partial charge in [-0.05, 0) is 44.9 Å². The first kappa shape index (κ1) is 15.0. The number of hydrogen-bond donors (Lipinski definition) is 1. The highest BCUT2D eigenvalue weighted by Gasteiger charge is 2.19. The summed E-state index contributed by atoms with van der Waals surface area (Å²) in [5.41, 5.74) is 2.23. The normalized spacial score (nSPS) is 13.4. The van der Waals surface area contributed by atoms with Crippen LogP contribution in [0, 0.1) is 0 Å². The van der Waals surface area contributed by atoms with Crippen molar-refractivity contribution in [2.75, 3.05) is 19.5 Å². The third-order valence-corrected chi connectivity index (χ3v) is 3.03. The molecule has 3 nitrogen and oxygen atoms in total. The number of methoxy groups -OCH3 is 2. The van der Waals surface area contributed by atoms with E-state index in [2.05, 4.69) is 50.4 Å². The molecule has 0 fully saturated rings. The minimum absolute atomic E-state index is 0.0948. The lowest BCUT2D eigenvalue weighted by Crippen LogP contribution is -2.31. The Morgan fingerprint density at radius 1 is 1.17 bits per heavy atom. The summed E-state index contributed by atoms with van der Waals surface area (Å²) in [6.07, 6.45) is 0.962. The standard InChI is InChI=1S/C15H25NO2/c1-12(10-15(2,3)18-5)16-14-8-6-13(7-9-14)11-17-4/h6-9,12,16H,10-11H2,1-5H3. The molecule has 0 aromatic heterocycles. The maximum absolute atomic E-state index is 5.44. The van der Waals surface area contributed by atoms with E-state index in [1.807, 2.05) is 0 Å². The van der Waals surface area contributed by atoms with E-state index in [-0.39, 0.29) is 5.60 Å². The highest BCUT2D eigenvalue weighted by molar-refractivity contribution is 5.45. The third kappa shape index (κ3) is 5.07. The summed E-state index contributed by atoms with van der Waals surface area (Å²) in [6, 6.07) is 8.71. The van der Waals surface area contributed by atoms with E-state index in [0.717, 1.165) is 12.1 Å². The lowest BCUT2D eigenvalue weighted by Gasteiger charge is -2.27. The zero-order valence-electron chi connectivity index (χ0n) is 12.1. The molecule has 0 aliphatic heterocycles. The maximum Gasteiger partial charge on any atom is 0.0713 e. The van der Waals surface area contributed by atoms with Gasteiger partial charge in [0.2, 0.25) is 0 Å². The Balaban J connectivity index is 2.51. The van der Waals surface area contributed by atoms with E-state index in [1.165, 1.54) is 5.56 Å². The Hall–Kier alpha value is -1.06. The SMILES string of the molecule is COCc1ccc(NC(C)CC(C)(C)OC)cc1. The molecule has 0 aliphatic rings. The molecule has 3 heteroatoms. The van der Waals surface area contributed by atoms with E-state index in [4.69, 9.17) is 9.47 Å². The van der Waals surface area contributed by atoms with Crippen molar-refractivity contribution in [2.45, 2.75) is 45.4 Å². The third-order valence-electron chi connectivity index (χ3n) is 3.03. The van der Waals surface area contributed by atoms with Crippen molar-refractivity contribution < 1.29 is 9.47 Å². The zero-order valence-corrected chi connectivity index (χ0v) is 12.1. The highest BCUT2D eigenvalue weighted by atomic mass is 16.5. The Labute approximate surface area is 110 Å². The minimum atomic E-state index is -0.0948. The fourth-order valence-electron chi connectivity index (χ4n) is 2.02. The van der Waals surface area contributed by atoms with Crippen molar-refractivity contribution >= 4 is 5.69 Å². The quantitative estimate of drug-likeness (QED) is 0.805. The number of nitrogens with one attached hydrogen (secondary N) is 1. The monoisotopic (exact) mass is 251 g/mol. The molecule has 0 amide bonds. The van der Waals surface area contributed by atoms with Crippen LogP contribution in [0.4, 0.5) is 5.69 Å². The second kappa shape index (κ2) is 6.76. The first-order valence-corrected chi connectivity index (χ1v) is 6.36. The van der Waals surface area contributed by atoms with E-state index in [0.29, 0.717) is 12.6 Å². The average Bonchev–Trinajstić information content (AvgIpc) is 2.31. The summed E-state index contributed by atoms with van der Waals surface area (Å²) in [7, 11) is 3.47. The highest BCUT2D eigenvalue weighted by Crippen LogP contribution is 2.19. The molecule has 0 saturated heterocycles. The van der Waals surface area contributed by atoms with Crippen LogP contribution in [0.25, 0.3) is 0 Å². The summed E-state index contributed by atoms with van der Waals surface area (Å²) in [5.74, 6) is 0. The molecule has 1 rings (SSSR count). The van der Waals surface area contributed by atoms with Crippen LogP contribution in [-0.2, 0) is 16.1 Å². The van der Waals surface area contributed by atoms with Crippen molar-refractivity contribution in [3.63, 3.8) is 0 Å². The smallest absolute Gasteiger partial charge is 0.0713 e. The van der Waals surface area contributed by atoms with Gasteiger partial charge in [-0.3, -0.25) is 0 Å². The molecule has 1 unspecified atom stereocenters. The molecule has 0 spiro atoms. The second-order valence-electron chi connectivity index (χ2n) is 5.34. The van der Waals surface area contributed by atoms with Crippen LogP contribution >= 0.6 is 0 Å². The van der Waals surface area contributed by atoms with Gasteiger partial charge in [-0.25, -0.2) is 0 Å².